The van der Waals surface area contributed by atoms with Gasteiger partial charge in [0.2, 0.25) is 0 Å². The van der Waals surface area contributed by atoms with Crippen LogP contribution < -0.4 is 5.32 Å². The van der Waals surface area contributed by atoms with Crippen molar-refractivity contribution >= 4 is 23.6 Å². The lowest BCUT2D eigenvalue weighted by Gasteiger charge is -2.23. The van der Waals surface area contributed by atoms with E-state index in [-0.39, 0.29) is 5.91 Å². The van der Waals surface area contributed by atoms with Crippen LogP contribution in [0.15, 0.2) is 109 Å². The number of nitrogens with zero attached hydrogens (tertiary/aromatic N) is 3. The molecule has 0 saturated carbocycles. The third-order valence-electron chi connectivity index (χ3n) is 5.33. The summed E-state index contributed by atoms with van der Waals surface area (Å²) in [6, 6.07) is 29.4. The van der Waals surface area contributed by atoms with Crippen molar-refractivity contribution in [2.24, 2.45) is 0 Å². The molecule has 0 fully saturated rings. The molecule has 0 aliphatic carbocycles. The molecule has 0 unspecified atom stereocenters. The van der Waals surface area contributed by atoms with Crippen LogP contribution in [0.2, 0.25) is 0 Å². The maximum Gasteiger partial charge on any atom is 0.505 e. The highest BCUT2D eigenvalue weighted by Gasteiger charge is 2.21. The van der Waals surface area contributed by atoms with Crippen LogP contribution in [0, 0.1) is 0 Å². The van der Waals surface area contributed by atoms with Crippen LogP contribution in [0.4, 0.5) is 16.3 Å². The first-order valence-corrected chi connectivity index (χ1v) is 12.0. The molecule has 1 heterocycles. The first-order chi connectivity index (χ1) is 18.5. The molecular weight excluding hydrogens is 480 g/mol. The third-order valence-corrected chi connectivity index (χ3v) is 5.33. The Balaban J connectivity index is 0.000000732. The molecule has 0 spiro atoms. The molecule has 194 valence electrons. The maximum absolute atomic E-state index is 13.7. The van der Waals surface area contributed by atoms with Crippen LogP contribution in [0.5, 0.6) is 0 Å². The molecule has 2 N–H and O–H groups in total. The first-order valence-electron chi connectivity index (χ1n) is 12.0. The largest absolute Gasteiger partial charge is 0.505 e. The predicted octanol–water partition coefficient (Wildman–Crippen LogP) is 6.42. The topological polar surface area (TPSA) is 105 Å². The number of para-hydroxylation sites is 1. The van der Waals surface area contributed by atoms with Gasteiger partial charge in [0.15, 0.2) is 5.82 Å². The standard InChI is InChI=1S/C28H26N4O.C2H4O3/c1-2-3-19-32(21-22-13-7-4-8-14-22)28(33)25-20-29-26(23-15-9-5-10-16-23)31-27(25)30-24-17-11-6-12-18-24;1-5-2(3)4/h2-18,20H,19,21H2,1H3,(H,29,30,31);1H3,(H,3,4)/b3-2+;. The lowest BCUT2D eigenvalue weighted by Crippen LogP contribution is -2.31. The zero-order valence-corrected chi connectivity index (χ0v) is 21.3. The van der Waals surface area contributed by atoms with Gasteiger partial charge in [-0.05, 0) is 24.6 Å². The van der Waals surface area contributed by atoms with Crippen molar-refractivity contribution in [3.8, 4) is 11.4 Å². The van der Waals surface area contributed by atoms with E-state index in [2.05, 4.69) is 15.0 Å². The molecule has 0 aliphatic heterocycles. The quantitative estimate of drug-likeness (QED) is 0.208. The summed E-state index contributed by atoms with van der Waals surface area (Å²) in [5.41, 5.74) is 3.24. The molecule has 8 nitrogen and oxygen atoms in total. The number of anilines is 2. The van der Waals surface area contributed by atoms with E-state index in [4.69, 9.17) is 14.9 Å². The Morgan fingerprint density at radius 3 is 2.11 bits per heavy atom. The fourth-order valence-electron chi connectivity index (χ4n) is 3.44. The van der Waals surface area contributed by atoms with Crippen LogP contribution in [-0.2, 0) is 11.3 Å². The Hall–Kier alpha value is -4.98. The minimum Gasteiger partial charge on any atom is -0.450 e. The van der Waals surface area contributed by atoms with Gasteiger partial charge in [0.25, 0.3) is 5.91 Å². The molecule has 0 atom stereocenters. The summed E-state index contributed by atoms with van der Waals surface area (Å²) in [5.74, 6) is 0.919. The molecule has 0 saturated heterocycles. The molecule has 4 rings (SSSR count). The van der Waals surface area contributed by atoms with E-state index in [0.717, 1.165) is 23.9 Å². The number of carboxylic acid groups (broad SMARTS) is 1. The zero-order chi connectivity index (χ0) is 27.2. The van der Waals surface area contributed by atoms with Crippen LogP contribution in [0.25, 0.3) is 11.4 Å². The number of hydrogen-bond acceptors (Lipinski definition) is 6. The fourth-order valence-corrected chi connectivity index (χ4v) is 3.44. The first kappa shape index (κ1) is 27.6. The summed E-state index contributed by atoms with van der Waals surface area (Å²) in [7, 11) is 1.10. The zero-order valence-electron chi connectivity index (χ0n) is 21.3. The molecule has 8 heteroatoms. The maximum atomic E-state index is 13.7. The highest BCUT2D eigenvalue weighted by atomic mass is 16.6. The summed E-state index contributed by atoms with van der Waals surface area (Å²) < 4.78 is 3.67. The van der Waals surface area contributed by atoms with E-state index in [1.54, 1.807) is 11.1 Å². The Labute approximate surface area is 222 Å². The number of hydrogen-bond donors (Lipinski definition) is 2. The number of nitrogens with one attached hydrogen (secondary N) is 1. The molecule has 0 radical (unpaired) electrons. The van der Waals surface area contributed by atoms with Gasteiger partial charge >= 0.3 is 6.16 Å². The molecule has 3 aromatic carbocycles. The molecule has 1 amide bonds. The van der Waals surface area contributed by atoms with Crippen molar-refractivity contribution in [2.45, 2.75) is 13.5 Å². The molecule has 4 aromatic rings. The van der Waals surface area contributed by atoms with E-state index >= 15 is 0 Å². The van der Waals surface area contributed by atoms with Gasteiger partial charge in [0.05, 0.1) is 7.11 Å². The average molecular weight is 511 g/mol. The summed E-state index contributed by atoms with van der Waals surface area (Å²) in [4.78, 5) is 33.9. The molecular formula is C30H30N4O4. The van der Waals surface area contributed by atoms with Gasteiger partial charge in [-0.2, -0.15) is 0 Å². The second kappa shape index (κ2) is 14.5. The van der Waals surface area contributed by atoms with Crippen molar-refractivity contribution in [3.05, 3.63) is 120 Å². The van der Waals surface area contributed by atoms with Crippen molar-refractivity contribution in [1.82, 2.24) is 14.9 Å². The van der Waals surface area contributed by atoms with E-state index < -0.39 is 6.16 Å². The lowest BCUT2D eigenvalue weighted by atomic mass is 10.1. The number of amides is 1. The minimum atomic E-state index is -1.25. The van der Waals surface area contributed by atoms with Crippen molar-refractivity contribution < 1.29 is 19.4 Å². The molecule has 0 aliphatic rings. The predicted molar refractivity (Wildman–Crippen MR) is 148 cm³/mol. The number of methoxy groups -OCH3 is 1. The number of benzene rings is 3. The summed E-state index contributed by atoms with van der Waals surface area (Å²) >= 11 is 0. The van der Waals surface area contributed by atoms with Gasteiger partial charge in [-0.15, -0.1) is 0 Å². The highest BCUT2D eigenvalue weighted by Crippen LogP contribution is 2.24. The van der Waals surface area contributed by atoms with Crippen LogP contribution in [0.3, 0.4) is 0 Å². The van der Waals surface area contributed by atoms with Crippen molar-refractivity contribution in [3.63, 3.8) is 0 Å². The third kappa shape index (κ3) is 8.30. The van der Waals surface area contributed by atoms with Gasteiger partial charge in [-0.25, -0.2) is 14.8 Å². The normalized spacial score (nSPS) is 10.3. The summed E-state index contributed by atoms with van der Waals surface area (Å²) in [6.07, 6.45) is 4.30. The Bertz CT molecular complexity index is 1330. The number of allylic oxidation sites excluding steroid dienone is 1. The Kier molecular flexibility index (Phi) is 10.6. The summed E-state index contributed by atoms with van der Waals surface area (Å²) in [5, 5.41) is 10.8. The van der Waals surface area contributed by atoms with Gasteiger partial charge in [0.1, 0.15) is 11.4 Å². The number of carbonyl (C=O) groups is 2. The number of aromatic nitrogens is 2. The van der Waals surface area contributed by atoms with E-state index in [9.17, 15) is 4.79 Å². The van der Waals surface area contributed by atoms with Crippen molar-refractivity contribution in [1.29, 1.82) is 0 Å². The van der Waals surface area contributed by atoms with Gasteiger partial charge < -0.3 is 20.1 Å². The SMILES string of the molecule is C/C=C/CN(Cc1ccccc1)C(=O)c1cnc(-c2ccccc2)nc1Nc1ccccc1.COC(=O)O. The Morgan fingerprint density at radius 2 is 1.53 bits per heavy atom. The fraction of sp³-hybridized carbons (Fsp3) is 0.133. The van der Waals surface area contributed by atoms with Crippen molar-refractivity contribution in [2.75, 3.05) is 19.0 Å². The van der Waals surface area contributed by atoms with E-state index in [1.807, 2.05) is 110 Å². The smallest absolute Gasteiger partial charge is 0.450 e. The lowest BCUT2D eigenvalue weighted by molar-refractivity contribution is 0.0762. The highest BCUT2D eigenvalue weighted by molar-refractivity contribution is 5.99. The number of carbonyl (C=O) groups excluding carboxylic acids is 1. The van der Waals surface area contributed by atoms with Gasteiger partial charge in [-0.3, -0.25) is 4.79 Å². The van der Waals surface area contributed by atoms with Gasteiger partial charge in [0, 0.05) is 30.5 Å². The minimum absolute atomic E-state index is 0.130. The molecule has 0 bridgehead atoms. The summed E-state index contributed by atoms with van der Waals surface area (Å²) in [6.45, 7) is 2.94. The second-order valence-electron chi connectivity index (χ2n) is 8.02. The van der Waals surface area contributed by atoms with Crippen LogP contribution in [0.1, 0.15) is 22.8 Å². The monoisotopic (exact) mass is 510 g/mol. The molecule has 38 heavy (non-hydrogen) atoms. The van der Waals surface area contributed by atoms with E-state index in [0.29, 0.717) is 30.3 Å². The average Bonchev–Trinajstić information content (AvgIpc) is 2.96. The number of rotatable bonds is 8. The van der Waals surface area contributed by atoms with Crippen LogP contribution in [-0.4, -0.2) is 45.7 Å². The Morgan fingerprint density at radius 1 is 0.947 bits per heavy atom. The van der Waals surface area contributed by atoms with Gasteiger partial charge in [-0.1, -0.05) is 91.0 Å². The molecule has 1 aromatic heterocycles. The van der Waals surface area contributed by atoms with E-state index in [1.165, 1.54) is 0 Å². The number of ether oxygens (including phenoxy) is 1. The van der Waals surface area contributed by atoms with Crippen LogP contribution >= 0.6 is 0 Å². The second-order valence-corrected chi connectivity index (χ2v) is 8.02.